The van der Waals surface area contributed by atoms with Crippen molar-refractivity contribution >= 4 is 23.1 Å². The molecule has 2 N–H and O–H groups in total. The molecule has 0 bridgehead atoms. The average molecular weight is 238 g/mol. The molecule has 0 saturated carbocycles. The molecule has 0 aliphatic rings. The number of ether oxygens (including phenoxy) is 1. The summed E-state index contributed by atoms with van der Waals surface area (Å²) in [7, 11) is 0. The van der Waals surface area contributed by atoms with Crippen LogP contribution in [0.5, 0.6) is 5.75 Å². The fraction of sp³-hybridized carbons (Fsp3) is 0.182. The number of benzene rings is 1. The van der Waals surface area contributed by atoms with Crippen molar-refractivity contribution in [2.75, 3.05) is 11.9 Å². The first kappa shape index (κ1) is 10.8. The van der Waals surface area contributed by atoms with E-state index in [4.69, 9.17) is 16.3 Å². The molecule has 84 valence electrons. The van der Waals surface area contributed by atoms with Crippen LogP contribution in [0.1, 0.15) is 6.92 Å². The molecule has 0 spiro atoms. The first-order valence-electron chi connectivity index (χ1n) is 4.98. The highest BCUT2D eigenvalue weighted by atomic mass is 35.5. The summed E-state index contributed by atoms with van der Waals surface area (Å²) in [6.07, 6.45) is 1.67. The molecule has 1 aromatic carbocycles. The van der Waals surface area contributed by atoms with E-state index in [9.17, 15) is 0 Å². The summed E-state index contributed by atoms with van der Waals surface area (Å²) in [6, 6.07) is 7.35. The molecular weight excluding hydrogens is 226 g/mol. The van der Waals surface area contributed by atoms with Crippen molar-refractivity contribution in [3.05, 3.63) is 35.5 Å². The summed E-state index contributed by atoms with van der Waals surface area (Å²) in [5, 5.41) is 10.4. The third kappa shape index (κ3) is 2.46. The minimum Gasteiger partial charge on any atom is -0.494 e. The smallest absolute Gasteiger partial charge is 0.125 e. The van der Waals surface area contributed by atoms with Gasteiger partial charge in [0.2, 0.25) is 0 Å². The van der Waals surface area contributed by atoms with Gasteiger partial charge in [0.05, 0.1) is 23.5 Å². The standard InChI is InChI=1S/C11H12ClN3O/c1-2-16-8-3-4-10(9(12)7-8)14-11-5-6-13-15-11/h3-7H,2H2,1H3,(H2,13,14,15). The van der Waals surface area contributed by atoms with Gasteiger partial charge in [-0.05, 0) is 19.1 Å². The van der Waals surface area contributed by atoms with Crippen molar-refractivity contribution in [3.8, 4) is 5.75 Å². The molecule has 4 nitrogen and oxygen atoms in total. The topological polar surface area (TPSA) is 49.9 Å². The lowest BCUT2D eigenvalue weighted by molar-refractivity contribution is 0.340. The minimum absolute atomic E-state index is 0.612. The Labute approximate surface area is 98.6 Å². The van der Waals surface area contributed by atoms with Crippen LogP contribution in [-0.2, 0) is 0 Å². The van der Waals surface area contributed by atoms with E-state index in [1.165, 1.54) is 0 Å². The predicted octanol–water partition coefficient (Wildman–Crippen LogP) is 3.21. The lowest BCUT2D eigenvalue weighted by atomic mass is 10.3. The summed E-state index contributed by atoms with van der Waals surface area (Å²) in [4.78, 5) is 0. The second-order valence-electron chi connectivity index (χ2n) is 3.17. The lowest BCUT2D eigenvalue weighted by Crippen LogP contribution is -1.94. The summed E-state index contributed by atoms with van der Waals surface area (Å²) in [5.41, 5.74) is 0.814. The Morgan fingerprint density at radius 1 is 1.44 bits per heavy atom. The summed E-state index contributed by atoms with van der Waals surface area (Å²) in [5.74, 6) is 1.56. The van der Waals surface area contributed by atoms with Gasteiger partial charge in [-0.15, -0.1) is 0 Å². The van der Waals surface area contributed by atoms with Crippen LogP contribution in [-0.4, -0.2) is 16.8 Å². The molecule has 0 unspecified atom stereocenters. The largest absolute Gasteiger partial charge is 0.494 e. The number of aromatic amines is 1. The molecule has 0 amide bonds. The van der Waals surface area contributed by atoms with Crippen LogP contribution in [0.3, 0.4) is 0 Å². The zero-order valence-corrected chi connectivity index (χ0v) is 9.58. The van der Waals surface area contributed by atoms with Crippen molar-refractivity contribution in [1.29, 1.82) is 0 Å². The maximum Gasteiger partial charge on any atom is 0.125 e. The van der Waals surface area contributed by atoms with Gasteiger partial charge in [-0.25, -0.2) is 0 Å². The average Bonchev–Trinajstić information content (AvgIpc) is 2.75. The molecule has 1 heterocycles. The second-order valence-corrected chi connectivity index (χ2v) is 3.58. The summed E-state index contributed by atoms with van der Waals surface area (Å²) < 4.78 is 5.34. The molecule has 2 rings (SSSR count). The number of nitrogens with zero attached hydrogens (tertiary/aromatic N) is 1. The predicted molar refractivity (Wildman–Crippen MR) is 64.5 cm³/mol. The van der Waals surface area contributed by atoms with Gasteiger partial charge in [-0.2, -0.15) is 5.10 Å². The maximum atomic E-state index is 6.11. The van der Waals surface area contributed by atoms with E-state index in [1.54, 1.807) is 12.3 Å². The van der Waals surface area contributed by atoms with Gasteiger partial charge in [0.15, 0.2) is 0 Å². The van der Waals surface area contributed by atoms with Gasteiger partial charge in [0, 0.05) is 12.1 Å². The van der Waals surface area contributed by atoms with Crippen molar-refractivity contribution in [2.24, 2.45) is 0 Å². The molecule has 0 aliphatic carbocycles. The molecule has 0 saturated heterocycles. The maximum absolute atomic E-state index is 6.11. The number of hydrogen-bond donors (Lipinski definition) is 2. The Morgan fingerprint density at radius 3 is 2.94 bits per heavy atom. The first-order chi connectivity index (χ1) is 7.79. The number of rotatable bonds is 4. The normalized spacial score (nSPS) is 10.1. The number of anilines is 2. The molecule has 1 aromatic heterocycles. The van der Waals surface area contributed by atoms with Crippen LogP contribution in [0.4, 0.5) is 11.5 Å². The fourth-order valence-electron chi connectivity index (χ4n) is 1.32. The van der Waals surface area contributed by atoms with Gasteiger partial charge in [-0.3, -0.25) is 5.10 Å². The number of aromatic nitrogens is 2. The number of halogens is 1. The monoisotopic (exact) mass is 237 g/mol. The zero-order valence-electron chi connectivity index (χ0n) is 8.83. The Morgan fingerprint density at radius 2 is 2.31 bits per heavy atom. The molecular formula is C11H12ClN3O. The van der Waals surface area contributed by atoms with Gasteiger partial charge in [0.25, 0.3) is 0 Å². The summed E-state index contributed by atoms with van der Waals surface area (Å²) in [6.45, 7) is 2.56. The highest BCUT2D eigenvalue weighted by Gasteiger charge is 2.03. The van der Waals surface area contributed by atoms with Crippen LogP contribution in [0.15, 0.2) is 30.5 Å². The molecule has 16 heavy (non-hydrogen) atoms. The fourth-order valence-corrected chi connectivity index (χ4v) is 1.54. The van der Waals surface area contributed by atoms with Gasteiger partial charge < -0.3 is 10.1 Å². The molecule has 5 heteroatoms. The second kappa shape index (κ2) is 4.90. The Hall–Kier alpha value is -1.68. The zero-order chi connectivity index (χ0) is 11.4. The molecule has 2 aromatic rings. The Kier molecular flexibility index (Phi) is 3.31. The summed E-state index contributed by atoms with van der Waals surface area (Å²) >= 11 is 6.11. The molecule has 0 fully saturated rings. The van der Waals surface area contributed by atoms with Crippen LogP contribution in [0.2, 0.25) is 5.02 Å². The Bertz CT molecular complexity index is 456. The van der Waals surface area contributed by atoms with E-state index in [1.807, 2.05) is 25.1 Å². The lowest BCUT2D eigenvalue weighted by Gasteiger charge is -2.08. The van der Waals surface area contributed by atoms with E-state index in [0.717, 1.165) is 17.3 Å². The van der Waals surface area contributed by atoms with E-state index in [2.05, 4.69) is 15.5 Å². The highest BCUT2D eigenvalue weighted by molar-refractivity contribution is 6.33. The van der Waals surface area contributed by atoms with Crippen LogP contribution in [0, 0.1) is 0 Å². The SMILES string of the molecule is CCOc1ccc(Nc2ccn[nH]2)c(Cl)c1. The van der Waals surface area contributed by atoms with Gasteiger partial charge >= 0.3 is 0 Å². The van der Waals surface area contributed by atoms with Crippen LogP contribution in [0.25, 0.3) is 0 Å². The van der Waals surface area contributed by atoms with Crippen molar-refractivity contribution in [3.63, 3.8) is 0 Å². The van der Waals surface area contributed by atoms with Crippen LogP contribution < -0.4 is 10.1 Å². The van der Waals surface area contributed by atoms with Crippen molar-refractivity contribution in [2.45, 2.75) is 6.92 Å². The van der Waals surface area contributed by atoms with Crippen molar-refractivity contribution < 1.29 is 4.74 Å². The quantitative estimate of drug-likeness (QED) is 0.859. The van der Waals surface area contributed by atoms with E-state index < -0.39 is 0 Å². The number of H-pyrrole nitrogens is 1. The molecule has 0 aliphatic heterocycles. The molecule has 0 atom stereocenters. The number of nitrogens with one attached hydrogen (secondary N) is 2. The number of hydrogen-bond acceptors (Lipinski definition) is 3. The van der Waals surface area contributed by atoms with E-state index >= 15 is 0 Å². The third-order valence-corrected chi connectivity index (χ3v) is 2.33. The van der Waals surface area contributed by atoms with E-state index in [0.29, 0.717) is 11.6 Å². The third-order valence-electron chi connectivity index (χ3n) is 2.02. The van der Waals surface area contributed by atoms with E-state index in [-0.39, 0.29) is 0 Å². The van der Waals surface area contributed by atoms with Gasteiger partial charge in [0.1, 0.15) is 11.6 Å². The van der Waals surface area contributed by atoms with Gasteiger partial charge in [-0.1, -0.05) is 11.6 Å². The highest BCUT2D eigenvalue weighted by Crippen LogP contribution is 2.28. The Balaban J connectivity index is 2.16. The molecule has 0 radical (unpaired) electrons. The minimum atomic E-state index is 0.612. The first-order valence-corrected chi connectivity index (χ1v) is 5.36. The van der Waals surface area contributed by atoms with Crippen molar-refractivity contribution in [1.82, 2.24) is 10.2 Å². The van der Waals surface area contributed by atoms with Crippen LogP contribution >= 0.6 is 11.6 Å².